The Morgan fingerprint density at radius 2 is 1.61 bits per heavy atom. The van der Waals surface area contributed by atoms with Crippen molar-refractivity contribution < 1.29 is 29.3 Å². The third kappa shape index (κ3) is 2.71. The summed E-state index contributed by atoms with van der Waals surface area (Å²) in [5.74, 6) is -2.87. The molecule has 0 spiro atoms. The number of phenolic OH excluding ortho intramolecular Hbond substituents is 2. The van der Waals surface area contributed by atoms with E-state index in [1.54, 1.807) is 13.8 Å². The molecule has 0 bridgehead atoms. The average molecular weight is 254 g/mol. The first kappa shape index (κ1) is 13.8. The standard InChI is InChI=1S/C12H14O6/c1-3-17-11(15)7-5-6-8(13)10(14)9(7)12(16)18-4-2/h5-6,13-14H,3-4H2,1-2H3. The second-order valence-electron chi connectivity index (χ2n) is 3.30. The number of hydrogen-bond acceptors (Lipinski definition) is 6. The molecule has 0 radical (unpaired) electrons. The zero-order valence-corrected chi connectivity index (χ0v) is 10.1. The van der Waals surface area contributed by atoms with E-state index >= 15 is 0 Å². The third-order valence-corrected chi connectivity index (χ3v) is 2.13. The SMILES string of the molecule is CCOC(=O)c1ccc(O)c(O)c1C(=O)OCC. The largest absolute Gasteiger partial charge is 0.504 e. The summed E-state index contributed by atoms with van der Waals surface area (Å²) in [5.41, 5.74) is -0.541. The van der Waals surface area contributed by atoms with E-state index in [-0.39, 0.29) is 18.8 Å². The average Bonchev–Trinajstić information content (AvgIpc) is 2.32. The molecule has 98 valence electrons. The molecular formula is C12H14O6. The van der Waals surface area contributed by atoms with Crippen LogP contribution in [0.3, 0.4) is 0 Å². The molecule has 2 N–H and O–H groups in total. The first-order valence-corrected chi connectivity index (χ1v) is 5.42. The Hall–Kier alpha value is -2.24. The van der Waals surface area contributed by atoms with E-state index in [1.807, 2.05) is 0 Å². The number of ether oxygens (including phenoxy) is 2. The van der Waals surface area contributed by atoms with Crippen LogP contribution >= 0.6 is 0 Å². The third-order valence-electron chi connectivity index (χ3n) is 2.13. The minimum absolute atomic E-state index is 0.0796. The van der Waals surface area contributed by atoms with Crippen LogP contribution in [0.5, 0.6) is 11.5 Å². The van der Waals surface area contributed by atoms with E-state index < -0.39 is 29.0 Å². The molecule has 6 heteroatoms. The van der Waals surface area contributed by atoms with Crippen LogP contribution in [-0.2, 0) is 9.47 Å². The number of hydrogen-bond donors (Lipinski definition) is 2. The minimum Gasteiger partial charge on any atom is -0.504 e. The van der Waals surface area contributed by atoms with E-state index in [0.717, 1.165) is 6.07 Å². The maximum atomic E-state index is 11.6. The summed E-state index contributed by atoms with van der Waals surface area (Å²) >= 11 is 0. The highest BCUT2D eigenvalue weighted by atomic mass is 16.5. The molecule has 1 aromatic rings. The van der Waals surface area contributed by atoms with Crippen LogP contribution < -0.4 is 0 Å². The lowest BCUT2D eigenvalue weighted by Gasteiger charge is -2.10. The number of carbonyl (C=O) groups is 2. The smallest absolute Gasteiger partial charge is 0.342 e. The maximum Gasteiger partial charge on any atom is 0.342 e. The van der Waals surface area contributed by atoms with Gasteiger partial charge >= 0.3 is 11.9 Å². The molecule has 0 aliphatic rings. The molecule has 0 unspecified atom stereocenters. The number of aromatic hydroxyl groups is 2. The van der Waals surface area contributed by atoms with Crippen molar-refractivity contribution in [1.29, 1.82) is 0 Å². The fraction of sp³-hybridized carbons (Fsp3) is 0.333. The zero-order valence-electron chi connectivity index (χ0n) is 10.1. The Morgan fingerprint density at radius 1 is 1.06 bits per heavy atom. The molecule has 0 atom stereocenters. The predicted octanol–water partition coefficient (Wildman–Crippen LogP) is 1.45. The van der Waals surface area contributed by atoms with Gasteiger partial charge in [0.25, 0.3) is 0 Å². The summed E-state index contributed by atoms with van der Waals surface area (Å²) < 4.78 is 9.47. The van der Waals surface area contributed by atoms with Gasteiger partial charge in [0.05, 0.1) is 18.8 Å². The van der Waals surface area contributed by atoms with E-state index in [4.69, 9.17) is 9.47 Å². The summed E-state index contributed by atoms with van der Waals surface area (Å²) in [7, 11) is 0. The van der Waals surface area contributed by atoms with Crippen LogP contribution in [0.1, 0.15) is 34.6 Å². The molecule has 1 rings (SSSR count). The van der Waals surface area contributed by atoms with Gasteiger partial charge in [-0.2, -0.15) is 0 Å². The minimum atomic E-state index is -0.894. The van der Waals surface area contributed by atoms with Crippen LogP contribution in [0, 0.1) is 0 Å². The van der Waals surface area contributed by atoms with Gasteiger partial charge in [-0.05, 0) is 26.0 Å². The van der Waals surface area contributed by atoms with Gasteiger partial charge in [0.2, 0.25) is 0 Å². The highest BCUT2D eigenvalue weighted by Crippen LogP contribution is 2.32. The van der Waals surface area contributed by atoms with Crippen LogP contribution in [-0.4, -0.2) is 35.4 Å². The molecular weight excluding hydrogens is 240 g/mol. The van der Waals surface area contributed by atoms with Crippen molar-refractivity contribution in [3.05, 3.63) is 23.3 Å². The molecule has 18 heavy (non-hydrogen) atoms. The van der Waals surface area contributed by atoms with Gasteiger partial charge in [0.1, 0.15) is 5.56 Å². The Morgan fingerprint density at radius 3 is 2.17 bits per heavy atom. The number of phenols is 2. The number of carbonyl (C=O) groups excluding carboxylic acids is 2. The molecule has 0 fully saturated rings. The van der Waals surface area contributed by atoms with E-state index in [0.29, 0.717) is 0 Å². The van der Waals surface area contributed by atoms with E-state index in [2.05, 4.69) is 0 Å². The van der Waals surface area contributed by atoms with E-state index in [9.17, 15) is 19.8 Å². The van der Waals surface area contributed by atoms with Crippen LogP contribution in [0.4, 0.5) is 0 Å². The van der Waals surface area contributed by atoms with E-state index in [1.165, 1.54) is 6.07 Å². The Balaban J connectivity index is 3.29. The fourth-order valence-corrected chi connectivity index (χ4v) is 1.37. The normalized spacial score (nSPS) is 9.89. The van der Waals surface area contributed by atoms with Gasteiger partial charge in [0.15, 0.2) is 11.5 Å². The highest BCUT2D eigenvalue weighted by Gasteiger charge is 2.25. The predicted molar refractivity (Wildman–Crippen MR) is 61.7 cm³/mol. The summed E-state index contributed by atoms with van der Waals surface area (Å²) in [4.78, 5) is 23.3. The Bertz CT molecular complexity index is 466. The molecule has 0 aliphatic carbocycles. The Kier molecular flexibility index (Phi) is 4.53. The molecule has 0 aromatic heterocycles. The quantitative estimate of drug-likeness (QED) is 0.624. The molecule has 0 saturated heterocycles. The van der Waals surface area contributed by atoms with Crippen molar-refractivity contribution >= 4 is 11.9 Å². The Labute approximate surface area is 104 Å². The second-order valence-corrected chi connectivity index (χ2v) is 3.30. The summed E-state index contributed by atoms with van der Waals surface area (Å²) in [5, 5.41) is 19.0. The first-order valence-electron chi connectivity index (χ1n) is 5.42. The fourth-order valence-electron chi connectivity index (χ4n) is 1.37. The van der Waals surface area contributed by atoms with Crippen molar-refractivity contribution in [2.24, 2.45) is 0 Å². The highest BCUT2D eigenvalue weighted by molar-refractivity contribution is 6.05. The second kappa shape index (κ2) is 5.90. The molecule has 1 aromatic carbocycles. The number of rotatable bonds is 4. The van der Waals surface area contributed by atoms with Crippen molar-refractivity contribution in [2.75, 3.05) is 13.2 Å². The lowest BCUT2D eigenvalue weighted by molar-refractivity contribution is 0.0475. The molecule has 0 amide bonds. The number of benzene rings is 1. The van der Waals surface area contributed by atoms with Crippen molar-refractivity contribution in [3.63, 3.8) is 0 Å². The summed E-state index contributed by atoms with van der Waals surface area (Å²) in [6, 6.07) is 2.30. The van der Waals surface area contributed by atoms with Crippen LogP contribution in [0.15, 0.2) is 12.1 Å². The van der Waals surface area contributed by atoms with Crippen molar-refractivity contribution in [2.45, 2.75) is 13.8 Å². The van der Waals surface area contributed by atoms with Crippen LogP contribution in [0.2, 0.25) is 0 Å². The molecule has 0 saturated carbocycles. The van der Waals surface area contributed by atoms with Gasteiger partial charge < -0.3 is 19.7 Å². The van der Waals surface area contributed by atoms with Crippen molar-refractivity contribution in [1.82, 2.24) is 0 Å². The van der Waals surface area contributed by atoms with Crippen molar-refractivity contribution in [3.8, 4) is 11.5 Å². The first-order chi connectivity index (χ1) is 8.52. The topological polar surface area (TPSA) is 93.1 Å². The van der Waals surface area contributed by atoms with Gasteiger partial charge in [-0.15, -0.1) is 0 Å². The number of esters is 2. The summed E-state index contributed by atoms with van der Waals surface area (Å²) in [6.07, 6.45) is 0. The van der Waals surface area contributed by atoms with Gasteiger partial charge in [-0.3, -0.25) is 0 Å². The lowest BCUT2D eigenvalue weighted by atomic mass is 10.1. The van der Waals surface area contributed by atoms with Gasteiger partial charge in [-0.25, -0.2) is 9.59 Å². The van der Waals surface area contributed by atoms with Gasteiger partial charge in [0, 0.05) is 0 Å². The van der Waals surface area contributed by atoms with Crippen LogP contribution in [0.25, 0.3) is 0 Å². The lowest BCUT2D eigenvalue weighted by Crippen LogP contribution is -2.14. The molecule has 0 aliphatic heterocycles. The molecule has 0 heterocycles. The zero-order chi connectivity index (χ0) is 13.7. The van der Waals surface area contributed by atoms with Gasteiger partial charge in [-0.1, -0.05) is 0 Å². The maximum absolute atomic E-state index is 11.6. The monoisotopic (exact) mass is 254 g/mol. The summed E-state index contributed by atoms with van der Waals surface area (Å²) in [6.45, 7) is 3.41. The molecule has 6 nitrogen and oxygen atoms in total.